The molecule has 1 aliphatic rings. The number of rotatable bonds is 2. The van der Waals surface area contributed by atoms with Crippen molar-refractivity contribution in [1.29, 1.82) is 0 Å². The zero-order valence-corrected chi connectivity index (χ0v) is 9.52. The first-order chi connectivity index (χ1) is 9.15. The maximum absolute atomic E-state index is 13.1. The van der Waals surface area contributed by atoms with E-state index >= 15 is 0 Å². The summed E-state index contributed by atoms with van der Waals surface area (Å²) >= 11 is 0. The number of hydrogen-bond acceptors (Lipinski definition) is 4. The van der Waals surface area contributed by atoms with E-state index in [2.05, 4.69) is 20.4 Å². The fourth-order valence-corrected chi connectivity index (χ4v) is 1.75. The summed E-state index contributed by atoms with van der Waals surface area (Å²) < 4.78 is 39.6. The zero-order chi connectivity index (χ0) is 13.4. The van der Waals surface area contributed by atoms with E-state index in [-0.39, 0.29) is 12.4 Å². The maximum atomic E-state index is 13.1. The van der Waals surface area contributed by atoms with Crippen LogP contribution in [-0.4, -0.2) is 27.0 Å². The number of nitrogens with one attached hydrogen (secondary N) is 1. The fraction of sp³-hybridized carbons (Fsp3) is 0.182. The number of hydrogen-bond donors (Lipinski definition) is 1. The molecule has 0 aromatic carbocycles. The Labute approximate surface area is 105 Å². The van der Waals surface area contributed by atoms with Crippen molar-refractivity contribution in [3.05, 3.63) is 41.7 Å². The first-order valence-electron chi connectivity index (χ1n) is 5.44. The van der Waals surface area contributed by atoms with E-state index in [1.807, 2.05) is 0 Å². The van der Waals surface area contributed by atoms with Crippen LogP contribution in [0.1, 0.15) is 17.8 Å². The van der Waals surface area contributed by atoms with E-state index in [1.165, 1.54) is 28.9 Å². The highest BCUT2D eigenvalue weighted by Crippen LogP contribution is 2.17. The van der Waals surface area contributed by atoms with Crippen molar-refractivity contribution >= 4 is 11.4 Å². The number of alkyl halides is 2. The van der Waals surface area contributed by atoms with Crippen LogP contribution in [0.15, 0.2) is 35.3 Å². The van der Waals surface area contributed by atoms with Gasteiger partial charge in [-0.3, -0.25) is 4.99 Å². The Balaban J connectivity index is 2.14. The molecule has 0 radical (unpaired) electrons. The van der Waals surface area contributed by atoms with Crippen LogP contribution < -0.4 is 5.32 Å². The second-order valence-electron chi connectivity index (χ2n) is 3.84. The minimum absolute atomic E-state index is 0.0828. The molecular formula is C11H8F3N5. The number of halogens is 3. The van der Waals surface area contributed by atoms with Gasteiger partial charge >= 0.3 is 0 Å². The van der Waals surface area contributed by atoms with Gasteiger partial charge in [-0.15, -0.1) is 0 Å². The van der Waals surface area contributed by atoms with Gasteiger partial charge in [0.2, 0.25) is 0 Å². The third kappa shape index (κ3) is 2.05. The fourth-order valence-electron chi connectivity index (χ4n) is 1.75. The molecule has 3 rings (SSSR count). The van der Waals surface area contributed by atoms with Crippen molar-refractivity contribution in [3.63, 3.8) is 0 Å². The van der Waals surface area contributed by atoms with Gasteiger partial charge in [0.15, 0.2) is 11.6 Å². The van der Waals surface area contributed by atoms with Crippen molar-refractivity contribution in [2.45, 2.75) is 6.43 Å². The van der Waals surface area contributed by atoms with Gasteiger partial charge < -0.3 is 5.32 Å². The number of nitrogens with zero attached hydrogens (tertiary/aromatic N) is 4. The molecule has 0 spiro atoms. The number of allylic oxidation sites excluding steroid dienone is 1. The van der Waals surface area contributed by atoms with Gasteiger partial charge in [0.05, 0.1) is 11.9 Å². The molecule has 5 nitrogen and oxygen atoms in total. The molecule has 2 aromatic rings. The van der Waals surface area contributed by atoms with Crippen LogP contribution in [0.2, 0.25) is 0 Å². The highest BCUT2D eigenvalue weighted by atomic mass is 19.3. The molecule has 98 valence electrons. The number of fused-ring (bicyclic) bond motifs is 1. The van der Waals surface area contributed by atoms with Gasteiger partial charge in [0.1, 0.15) is 18.1 Å². The van der Waals surface area contributed by atoms with Crippen molar-refractivity contribution < 1.29 is 13.2 Å². The summed E-state index contributed by atoms with van der Waals surface area (Å²) in [6.07, 6.45) is -0.0863. The van der Waals surface area contributed by atoms with Gasteiger partial charge in [0, 0.05) is 6.08 Å². The van der Waals surface area contributed by atoms with E-state index in [0.29, 0.717) is 17.1 Å². The summed E-state index contributed by atoms with van der Waals surface area (Å²) in [5, 5.41) is 6.17. The van der Waals surface area contributed by atoms with Crippen molar-refractivity contribution in [2.24, 2.45) is 4.99 Å². The summed E-state index contributed by atoms with van der Waals surface area (Å²) in [7, 11) is 0. The van der Waals surface area contributed by atoms with Crippen LogP contribution in [0.5, 0.6) is 0 Å². The lowest BCUT2D eigenvalue weighted by Crippen LogP contribution is -2.19. The largest absolute Gasteiger partial charge is 0.343 e. The molecule has 3 heterocycles. The molecule has 0 unspecified atom stereocenters. The molecule has 0 saturated carbocycles. The minimum Gasteiger partial charge on any atom is -0.343 e. The topological polar surface area (TPSA) is 54.6 Å². The Morgan fingerprint density at radius 3 is 2.89 bits per heavy atom. The van der Waals surface area contributed by atoms with Crippen LogP contribution in [0, 0.1) is 0 Å². The molecule has 0 fully saturated rings. The smallest absolute Gasteiger partial charge is 0.282 e. The third-order valence-corrected chi connectivity index (χ3v) is 2.63. The number of aliphatic imine (C=N–C) groups is 1. The predicted molar refractivity (Wildman–Crippen MR) is 61.7 cm³/mol. The Bertz CT molecular complexity index is 689. The summed E-state index contributed by atoms with van der Waals surface area (Å²) in [6.45, 7) is 0.0828. The summed E-state index contributed by atoms with van der Waals surface area (Å²) in [6, 6.07) is 2.64. The molecule has 0 saturated heterocycles. The lowest BCUT2D eigenvalue weighted by molar-refractivity contribution is 0.144. The van der Waals surface area contributed by atoms with Crippen LogP contribution >= 0.6 is 0 Å². The number of imidazole rings is 1. The summed E-state index contributed by atoms with van der Waals surface area (Å²) in [5.74, 6) is -0.537. The average Bonchev–Trinajstić information content (AvgIpc) is 2.81. The van der Waals surface area contributed by atoms with E-state index in [1.54, 1.807) is 0 Å². The Morgan fingerprint density at radius 1 is 1.32 bits per heavy atom. The Kier molecular flexibility index (Phi) is 2.69. The van der Waals surface area contributed by atoms with E-state index in [9.17, 15) is 13.2 Å². The molecule has 1 N–H and O–H groups in total. The normalized spacial score (nSPS) is 15.4. The van der Waals surface area contributed by atoms with Gasteiger partial charge in [-0.25, -0.2) is 18.3 Å². The Morgan fingerprint density at radius 2 is 2.16 bits per heavy atom. The van der Waals surface area contributed by atoms with Gasteiger partial charge in [-0.2, -0.15) is 9.49 Å². The van der Waals surface area contributed by atoms with Crippen LogP contribution in [0.25, 0.3) is 5.65 Å². The first-order valence-corrected chi connectivity index (χ1v) is 5.44. The molecule has 0 atom stereocenters. The maximum Gasteiger partial charge on any atom is 0.282 e. The highest BCUT2D eigenvalue weighted by Gasteiger charge is 2.16. The lowest BCUT2D eigenvalue weighted by Gasteiger charge is -2.09. The van der Waals surface area contributed by atoms with Crippen molar-refractivity contribution in [1.82, 2.24) is 19.9 Å². The van der Waals surface area contributed by atoms with Gasteiger partial charge in [-0.1, -0.05) is 0 Å². The second kappa shape index (κ2) is 4.38. The van der Waals surface area contributed by atoms with Gasteiger partial charge in [-0.05, 0) is 12.1 Å². The molecule has 2 aromatic heterocycles. The standard InChI is InChI=1S/C11H8F3N5/c12-9-3-7(16-5-17-9)8-4-15-10-2-1-6(11(13)14)18-19(8)10/h1-4,11,17H,5H2. The molecule has 0 amide bonds. The highest BCUT2D eigenvalue weighted by molar-refractivity contribution is 6.08. The monoisotopic (exact) mass is 267 g/mol. The van der Waals surface area contributed by atoms with Crippen LogP contribution in [0.4, 0.5) is 13.2 Å². The third-order valence-electron chi connectivity index (χ3n) is 2.63. The molecule has 0 aliphatic carbocycles. The molecule has 0 bridgehead atoms. The lowest BCUT2D eigenvalue weighted by atomic mass is 10.2. The first kappa shape index (κ1) is 11.7. The van der Waals surface area contributed by atoms with Crippen LogP contribution in [0.3, 0.4) is 0 Å². The SMILES string of the molecule is FC1=CC(c2cnc3ccc(C(F)F)nn23)=NCN1. The van der Waals surface area contributed by atoms with Crippen molar-refractivity contribution in [2.75, 3.05) is 6.67 Å². The number of aromatic nitrogens is 3. The predicted octanol–water partition coefficient (Wildman–Crippen LogP) is 1.83. The summed E-state index contributed by atoms with van der Waals surface area (Å²) in [5.41, 5.74) is 0.706. The minimum atomic E-state index is -2.68. The van der Waals surface area contributed by atoms with E-state index in [0.717, 1.165) is 0 Å². The summed E-state index contributed by atoms with van der Waals surface area (Å²) in [4.78, 5) is 8.07. The molecule has 19 heavy (non-hydrogen) atoms. The molecule has 8 heteroatoms. The Hall–Kier alpha value is -2.38. The molecular weight excluding hydrogens is 259 g/mol. The van der Waals surface area contributed by atoms with Crippen molar-refractivity contribution in [3.8, 4) is 0 Å². The van der Waals surface area contributed by atoms with E-state index in [4.69, 9.17) is 0 Å². The second-order valence-corrected chi connectivity index (χ2v) is 3.84. The quantitative estimate of drug-likeness (QED) is 0.844. The zero-order valence-electron chi connectivity index (χ0n) is 9.52. The van der Waals surface area contributed by atoms with Crippen LogP contribution in [-0.2, 0) is 0 Å². The van der Waals surface area contributed by atoms with Gasteiger partial charge in [0.25, 0.3) is 6.43 Å². The average molecular weight is 267 g/mol. The van der Waals surface area contributed by atoms with E-state index < -0.39 is 12.4 Å². The molecule has 1 aliphatic heterocycles.